The number of benzene rings is 2. The fourth-order valence-electron chi connectivity index (χ4n) is 1.80. The molecular weight excluding hydrogens is 483 g/mol. The van der Waals surface area contributed by atoms with Crippen LogP contribution in [0.15, 0.2) is 70.7 Å². The van der Waals surface area contributed by atoms with Gasteiger partial charge in [0.2, 0.25) is 0 Å². The van der Waals surface area contributed by atoms with Crippen molar-refractivity contribution in [3.05, 3.63) is 79.8 Å². The molecule has 0 N–H and O–H groups in total. The van der Waals surface area contributed by atoms with E-state index in [9.17, 15) is 4.79 Å². The number of rotatable bonds is 8. The molecule has 128 valence electrons. The van der Waals surface area contributed by atoms with Gasteiger partial charge in [0.05, 0.1) is 0 Å². The molecule has 0 fully saturated rings. The molecule has 0 spiro atoms. The summed E-state index contributed by atoms with van der Waals surface area (Å²) in [6.45, 7) is 2.63. The van der Waals surface area contributed by atoms with Gasteiger partial charge in [0.25, 0.3) is 0 Å². The Morgan fingerprint density at radius 1 is 1.08 bits per heavy atom. The van der Waals surface area contributed by atoms with E-state index in [0.717, 1.165) is 12.8 Å². The van der Waals surface area contributed by atoms with E-state index in [0.29, 0.717) is 18.1 Å². The van der Waals surface area contributed by atoms with Gasteiger partial charge in [-0.2, -0.15) is 0 Å². The van der Waals surface area contributed by atoms with Gasteiger partial charge < -0.3 is 0 Å². The first kappa shape index (κ1) is 19.0. The van der Waals surface area contributed by atoms with Crippen LogP contribution in [-0.2, 0) is 9.47 Å². The maximum absolute atomic E-state index is 12.3. The topological polar surface area (TPSA) is 35.5 Å². The van der Waals surface area contributed by atoms with Crippen molar-refractivity contribution < 1.29 is 14.3 Å². The standard InChI is InChI=1S/C19H20BrIO3/c1-2-3-14-23-18(15-21(20)17-12-8-5-9-13-17)24-19(22)16-10-6-4-7-11-16/h4-13,15H,2-3,14H2,1H3/b18-15-. The molecule has 0 heterocycles. The second-order valence-electron chi connectivity index (χ2n) is 4.94. The molecule has 0 unspecified atom stereocenters. The van der Waals surface area contributed by atoms with Crippen LogP contribution in [-0.4, -0.2) is 12.6 Å². The van der Waals surface area contributed by atoms with Crippen LogP contribution in [0.2, 0.25) is 0 Å². The Hall–Kier alpha value is -1.34. The average molecular weight is 503 g/mol. The first-order chi connectivity index (χ1) is 11.7. The second kappa shape index (κ2) is 10.5. The summed E-state index contributed by atoms with van der Waals surface area (Å²) < 4.78 is 14.3. The number of hydrogen-bond donors (Lipinski definition) is 0. The molecular formula is C19H20BrIO3. The maximum atomic E-state index is 12.3. The molecule has 0 bridgehead atoms. The Morgan fingerprint density at radius 2 is 1.71 bits per heavy atom. The van der Waals surface area contributed by atoms with Crippen LogP contribution in [0.4, 0.5) is 0 Å². The fourth-order valence-corrected chi connectivity index (χ4v) is 6.30. The van der Waals surface area contributed by atoms with Crippen molar-refractivity contribution in [2.24, 2.45) is 0 Å². The normalized spacial score (nSPS) is 11.8. The molecule has 0 saturated carbocycles. The monoisotopic (exact) mass is 502 g/mol. The van der Waals surface area contributed by atoms with Gasteiger partial charge in [0, 0.05) is 0 Å². The molecule has 0 radical (unpaired) electrons. The first-order valence-electron chi connectivity index (χ1n) is 7.72. The average Bonchev–Trinajstić information content (AvgIpc) is 2.63. The Balaban J connectivity index is 2.11. The van der Waals surface area contributed by atoms with E-state index in [4.69, 9.17) is 9.47 Å². The van der Waals surface area contributed by atoms with Crippen LogP contribution in [0.5, 0.6) is 0 Å². The molecule has 3 nitrogen and oxygen atoms in total. The molecule has 0 atom stereocenters. The van der Waals surface area contributed by atoms with Gasteiger partial charge in [-0.05, 0) is 0 Å². The Morgan fingerprint density at radius 3 is 2.33 bits per heavy atom. The summed E-state index contributed by atoms with van der Waals surface area (Å²) in [5.74, 6) is -0.105. The van der Waals surface area contributed by atoms with E-state index < -0.39 is 23.6 Å². The van der Waals surface area contributed by atoms with Gasteiger partial charge in [-0.25, -0.2) is 0 Å². The number of carbonyl (C=O) groups is 1. The quantitative estimate of drug-likeness (QED) is 0.188. The summed E-state index contributed by atoms with van der Waals surface area (Å²) in [4.78, 5) is 12.3. The summed E-state index contributed by atoms with van der Waals surface area (Å²) >= 11 is 1.99. The number of unbranched alkanes of at least 4 members (excludes halogenated alkanes) is 1. The van der Waals surface area contributed by atoms with E-state index >= 15 is 0 Å². The summed E-state index contributed by atoms with van der Waals surface area (Å²) in [5.41, 5.74) is 0.511. The van der Waals surface area contributed by atoms with E-state index in [2.05, 4.69) is 31.7 Å². The Labute approximate surface area is 156 Å². The molecule has 0 amide bonds. The zero-order chi connectivity index (χ0) is 17.2. The van der Waals surface area contributed by atoms with Crippen molar-refractivity contribution in [1.29, 1.82) is 0 Å². The summed E-state index contributed by atoms with van der Waals surface area (Å²) in [7, 11) is 0. The van der Waals surface area contributed by atoms with Crippen molar-refractivity contribution in [2.45, 2.75) is 19.8 Å². The van der Waals surface area contributed by atoms with E-state index in [1.54, 1.807) is 12.1 Å². The molecule has 0 saturated heterocycles. The molecule has 0 aliphatic carbocycles. The van der Waals surface area contributed by atoms with Gasteiger partial charge in [0.1, 0.15) is 0 Å². The molecule has 0 aliphatic rings. The minimum absolute atomic E-state index is 0.295. The predicted octanol–water partition coefficient (Wildman–Crippen LogP) is 6.15. The Kier molecular flexibility index (Phi) is 8.32. The van der Waals surface area contributed by atoms with Crippen molar-refractivity contribution in [3.8, 4) is 0 Å². The summed E-state index contributed by atoms with van der Waals surface area (Å²) in [5, 5.41) is 0. The molecule has 0 aromatic heterocycles. The molecule has 2 aromatic carbocycles. The van der Waals surface area contributed by atoms with Crippen LogP contribution in [0.3, 0.4) is 0 Å². The third-order valence-corrected chi connectivity index (χ3v) is 9.52. The van der Waals surface area contributed by atoms with Crippen LogP contribution >= 0.6 is 30.3 Å². The van der Waals surface area contributed by atoms with Crippen LogP contribution in [0.25, 0.3) is 0 Å². The first-order valence-corrected chi connectivity index (χ1v) is 14.9. The molecule has 24 heavy (non-hydrogen) atoms. The van der Waals surface area contributed by atoms with Gasteiger partial charge in [0.15, 0.2) is 0 Å². The number of carbonyl (C=O) groups excluding carboxylic acids is 1. The predicted molar refractivity (Wildman–Crippen MR) is 109 cm³/mol. The second-order valence-corrected chi connectivity index (χ2v) is 12.6. The zero-order valence-corrected chi connectivity index (χ0v) is 17.2. The minimum atomic E-state index is -1.76. The van der Waals surface area contributed by atoms with Crippen molar-refractivity contribution >= 4 is 36.3 Å². The summed E-state index contributed by atoms with van der Waals surface area (Å²) in [6.07, 6.45) is 1.94. The van der Waals surface area contributed by atoms with Crippen molar-refractivity contribution in [2.75, 3.05) is 6.61 Å². The number of ether oxygens (including phenoxy) is 2. The third kappa shape index (κ3) is 6.28. The van der Waals surface area contributed by atoms with Crippen molar-refractivity contribution in [1.82, 2.24) is 0 Å². The van der Waals surface area contributed by atoms with Crippen LogP contribution in [0.1, 0.15) is 30.1 Å². The van der Waals surface area contributed by atoms with E-state index in [1.165, 1.54) is 3.57 Å². The molecule has 0 aliphatic heterocycles. The van der Waals surface area contributed by atoms with Gasteiger partial charge in [-0.15, -0.1) is 0 Å². The number of esters is 1. The van der Waals surface area contributed by atoms with Gasteiger partial charge >= 0.3 is 157 Å². The Bertz CT molecular complexity index is 659. The molecule has 2 aromatic rings. The zero-order valence-electron chi connectivity index (χ0n) is 13.5. The number of hydrogen-bond acceptors (Lipinski definition) is 3. The van der Waals surface area contributed by atoms with E-state index in [1.807, 2.05) is 40.5 Å². The third-order valence-electron chi connectivity index (χ3n) is 3.07. The fraction of sp³-hybridized carbons (Fsp3) is 0.211. The SMILES string of the molecule is CCCCO/C(=C/I(Br)c1ccccc1)OC(=O)c1ccccc1. The van der Waals surface area contributed by atoms with Crippen molar-refractivity contribution in [3.63, 3.8) is 0 Å². The molecule has 5 heteroatoms. The molecule has 2 rings (SSSR count). The van der Waals surface area contributed by atoms with Crippen LogP contribution < -0.4 is 0 Å². The van der Waals surface area contributed by atoms with E-state index in [-0.39, 0.29) is 0 Å². The van der Waals surface area contributed by atoms with Gasteiger partial charge in [-0.3, -0.25) is 0 Å². The van der Waals surface area contributed by atoms with Crippen LogP contribution in [0, 0.1) is 3.57 Å². The number of halogens is 2. The summed E-state index contributed by atoms with van der Waals surface area (Å²) in [6, 6.07) is 19.1. The van der Waals surface area contributed by atoms with Gasteiger partial charge in [-0.1, -0.05) is 0 Å².